The predicted molar refractivity (Wildman–Crippen MR) is 44.1 cm³/mol. The molecule has 0 radical (unpaired) electrons. The van der Waals surface area contributed by atoms with E-state index in [0.29, 0.717) is 0 Å². The molecule has 0 atom stereocenters. The van der Waals surface area contributed by atoms with Gasteiger partial charge in [-0.15, -0.1) is 0 Å². The summed E-state index contributed by atoms with van der Waals surface area (Å²) in [5.74, 6) is 0.259. The van der Waals surface area contributed by atoms with Gasteiger partial charge in [-0.25, -0.2) is 29.9 Å². The van der Waals surface area contributed by atoms with E-state index in [9.17, 15) is 0 Å². The van der Waals surface area contributed by atoms with Crippen molar-refractivity contribution >= 4 is 5.95 Å². The zero-order valence-electron chi connectivity index (χ0n) is 6.65. The lowest BCUT2D eigenvalue weighted by Gasteiger charge is -1.81. The Kier molecular flexibility index (Phi) is 3.75. The first-order chi connectivity index (χ1) is 6.39. The molecular weight excluding hydrogens is 170 g/mol. The number of nitrogen functional groups attached to an aromatic ring is 1. The number of rotatable bonds is 0. The van der Waals surface area contributed by atoms with Gasteiger partial charge in [-0.3, -0.25) is 0 Å². The summed E-state index contributed by atoms with van der Waals surface area (Å²) in [6.07, 6.45) is 7.01. The number of hydrogen-bond acceptors (Lipinski definition) is 7. The van der Waals surface area contributed by atoms with Crippen molar-refractivity contribution in [1.29, 1.82) is 0 Å². The van der Waals surface area contributed by atoms with Gasteiger partial charge >= 0.3 is 0 Å². The van der Waals surface area contributed by atoms with Crippen molar-refractivity contribution in [3.63, 3.8) is 0 Å². The maximum absolute atomic E-state index is 5.10. The largest absolute Gasteiger partial charge is 0.368 e. The Balaban J connectivity index is 0.000000132. The molecule has 0 fully saturated rings. The molecule has 0 spiro atoms. The summed E-state index contributed by atoms with van der Waals surface area (Å²) < 4.78 is 0. The molecule has 0 saturated carbocycles. The molecule has 7 heteroatoms. The minimum absolute atomic E-state index is 0.259. The highest BCUT2D eigenvalue weighted by Gasteiger charge is 1.76. The number of nitrogens with zero attached hydrogens (tertiary/aromatic N) is 6. The molecule has 13 heavy (non-hydrogen) atoms. The van der Waals surface area contributed by atoms with Gasteiger partial charge < -0.3 is 5.73 Å². The second kappa shape index (κ2) is 5.47. The average molecular weight is 177 g/mol. The molecule has 2 aromatic heterocycles. The van der Waals surface area contributed by atoms with Crippen LogP contribution in [0, 0.1) is 0 Å². The van der Waals surface area contributed by atoms with Gasteiger partial charge in [-0.05, 0) is 0 Å². The third-order valence-electron chi connectivity index (χ3n) is 0.913. The van der Waals surface area contributed by atoms with Crippen LogP contribution in [0.2, 0.25) is 0 Å². The molecule has 0 unspecified atom stereocenters. The van der Waals surface area contributed by atoms with Gasteiger partial charge in [0.15, 0.2) is 0 Å². The minimum Gasteiger partial charge on any atom is -0.368 e. The van der Waals surface area contributed by atoms with Crippen molar-refractivity contribution in [1.82, 2.24) is 29.9 Å². The van der Waals surface area contributed by atoms with Crippen molar-refractivity contribution in [3.8, 4) is 0 Å². The standard InChI is InChI=1S/C3H4N4.C3H3N3/c4-3-6-1-5-2-7-3;1-4-2-6-3-5-1/h1-2H,(H2,4,5,6,7);1-3H. The molecule has 0 amide bonds. The highest BCUT2D eigenvalue weighted by molar-refractivity contribution is 5.08. The fraction of sp³-hybridized carbons (Fsp3) is 0. The maximum Gasteiger partial charge on any atom is 0.222 e. The molecule has 66 valence electrons. The van der Waals surface area contributed by atoms with Crippen LogP contribution < -0.4 is 5.73 Å². The number of anilines is 1. The number of nitrogens with two attached hydrogens (primary N) is 1. The normalized spacial score (nSPS) is 8.31. The molecule has 7 nitrogen and oxygen atoms in total. The van der Waals surface area contributed by atoms with Crippen LogP contribution in [0.5, 0.6) is 0 Å². The number of hydrogen-bond donors (Lipinski definition) is 1. The van der Waals surface area contributed by atoms with E-state index in [2.05, 4.69) is 29.9 Å². The van der Waals surface area contributed by atoms with Crippen LogP contribution in [0.3, 0.4) is 0 Å². The zero-order valence-corrected chi connectivity index (χ0v) is 6.65. The van der Waals surface area contributed by atoms with Crippen LogP contribution >= 0.6 is 0 Å². The summed E-state index contributed by atoms with van der Waals surface area (Å²) in [6.45, 7) is 0. The summed E-state index contributed by atoms with van der Waals surface area (Å²) >= 11 is 0. The van der Waals surface area contributed by atoms with Gasteiger partial charge in [0.1, 0.15) is 31.6 Å². The molecule has 0 aliphatic carbocycles. The van der Waals surface area contributed by atoms with Crippen LogP contribution in [-0.4, -0.2) is 29.9 Å². The summed E-state index contributed by atoms with van der Waals surface area (Å²) in [5, 5.41) is 0. The van der Waals surface area contributed by atoms with Crippen molar-refractivity contribution in [2.75, 3.05) is 5.73 Å². The summed E-state index contributed by atoms with van der Waals surface area (Å²) in [5.41, 5.74) is 5.10. The lowest BCUT2D eigenvalue weighted by Crippen LogP contribution is -1.92. The van der Waals surface area contributed by atoms with E-state index in [-0.39, 0.29) is 5.95 Å². The molecule has 2 aromatic rings. The van der Waals surface area contributed by atoms with Gasteiger partial charge in [0.25, 0.3) is 0 Å². The second-order valence-electron chi connectivity index (χ2n) is 1.79. The molecule has 2 N–H and O–H groups in total. The van der Waals surface area contributed by atoms with Gasteiger partial charge in [0, 0.05) is 0 Å². The highest BCUT2D eigenvalue weighted by atomic mass is 15.0. The Bertz CT molecular complexity index is 283. The van der Waals surface area contributed by atoms with Gasteiger partial charge in [0.05, 0.1) is 0 Å². The minimum atomic E-state index is 0.259. The first-order valence-corrected chi connectivity index (χ1v) is 3.32. The van der Waals surface area contributed by atoms with Crippen LogP contribution in [0.4, 0.5) is 5.95 Å². The Morgan fingerprint density at radius 1 is 0.692 bits per heavy atom. The predicted octanol–water partition coefficient (Wildman–Crippen LogP) is -0.675. The Morgan fingerprint density at radius 2 is 1.08 bits per heavy atom. The topological polar surface area (TPSA) is 103 Å². The molecule has 2 heterocycles. The Labute approximate surface area is 74.2 Å². The maximum atomic E-state index is 5.10. The van der Waals surface area contributed by atoms with Gasteiger partial charge in [-0.2, -0.15) is 0 Å². The fourth-order valence-corrected chi connectivity index (χ4v) is 0.453. The van der Waals surface area contributed by atoms with Crippen LogP contribution in [0.1, 0.15) is 0 Å². The van der Waals surface area contributed by atoms with E-state index in [1.54, 1.807) is 0 Å². The van der Waals surface area contributed by atoms with Gasteiger partial charge in [-0.1, -0.05) is 0 Å². The van der Waals surface area contributed by atoms with Crippen molar-refractivity contribution < 1.29 is 0 Å². The molecule has 2 rings (SSSR count). The quantitative estimate of drug-likeness (QED) is 0.568. The van der Waals surface area contributed by atoms with E-state index in [0.717, 1.165) is 0 Å². The van der Waals surface area contributed by atoms with E-state index in [1.165, 1.54) is 31.6 Å². The molecule has 0 bridgehead atoms. The highest BCUT2D eigenvalue weighted by Crippen LogP contribution is 1.77. The second-order valence-corrected chi connectivity index (χ2v) is 1.79. The van der Waals surface area contributed by atoms with E-state index < -0.39 is 0 Å². The molecular formula is C6H7N7. The van der Waals surface area contributed by atoms with Crippen LogP contribution in [0.15, 0.2) is 31.6 Å². The smallest absolute Gasteiger partial charge is 0.222 e. The van der Waals surface area contributed by atoms with Crippen LogP contribution in [-0.2, 0) is 0 Å². The van der Waals surface area contributed by atoms with E-state index in [1.807, 2.05) is 0 Å². The molecule has 0 saturated heterocycles. The average Bonchev–Trinajstić information content (AvgIpc) is 2.22. The monoisotopic (exact) mass is 177 g/mol. The van der Waals surface area contributed by atoms with Crippen molar-refractivity contribution in [3.05, 3.63) is 31.6 Å². The summed E-state index contributed by atoms with van der Waals surface area (Å²) in [6, 6.07) is 0. The van der Waals surface area contributed by atoms with Crippen LogP contribution in [0.25, 0.3) is 0 Å². The first kappa shape index (κ1) is 8.91. The van der Waals surface area contributed by atoms with Crippen molar-refractivity contribution in [2.24, 2.45) is 0 Å². The van der Waals surface area contributed by atoms with E-state index >= 15 is 0 Å². The molecule has 0 aliphatic rings. The first-order valence-electron chi connectivity index (χ1n) is 3.32. The lowest BCUT2D eigenvalue weighted by atomic mass is 11.0. The molecule has 0 aromatic carbocycles. The Hall–Kier alpha value is -2.18. The Morgan fingerprint density at radius 3 is 1.31 bits per heavy atom. The third kappa shape index (κ3) is 4.30. The van der Waals surface area contributed by atoms with Gasteiger partial charge in [0.2, 0.25) is 5.95 Å². The number of aromatic nitrogens is 6. The van der Waals surface area contributed by atoms with E-state index in [4.69, 9.17) is 5.73 Å². The zero-order chi connectivity index (χ0) is 9.36. The third-order valence-corrected chi connectivity index (χ3v) is 0.913. The summed E-state index contributed by atoms with van der Waals surface area (Å²) in [4.78, 5) is 21.3. The fourth-order valence-electron chi connectivity index (χ4n) is 0.453. The lowest BCUT2D eigenvalue weighted by molar-refractivity contribution is 1.05. The van der Waals surface area contributed by atoms with Crippen molar-refractivity contribution in [2.45, 2.75) is 0 Å². The molecule has 0 aliphatic heterocycles. The summed E-state index contributed by atoms with van der Waals surface area (Å²) in [7, 11) is 0. The SMILES string of the molecule is Nc1ncncn1.c1ncncn1.